The van der Waals surface area contributed by atoms with E-state index in [9.17, 15) is 13.2 Å². The maximum atomic E-state index is 13.3. The van der Waals surface area contributed by atoms with Crippen molar-refractivity contribution in [2.24, 2.45) is 0 Å². The summed E-state index contributed by atoms with van der Waals surface area (Å²) in [7, 11) is -2.31. The Bertz CT molecular complexity index is 923. The average Bonchev–Trinajstić information content (AvgIpc) is 2.62. The summed E-state index contributed by atoms with van der Waals surface area (Å²) < 4.78 is 33.1. The first kappa shape index (κ1) is 18.4. The Morgan fingerprint density at radius 3 is 2.42 bits per heavy atom. The van der Waals surface area contributed by atoms with Crippen LogP contribution in [-0.2, 0) is 14.8 Å². The van der Waals surface area contributed by atoms with Gasteiger partial charge in [-0.3, -0.25) is 4.79 Å². The third kappa shape index (κ3) is 3.32. The topological polar surface area (TPSA) is 75.7 Å². The number of ether oxygens (including phenoxy) is 1. The second-order valence-corrected chi connectivity index (χ2v) is 8.21. The Kier molecular flexibility index (Phi) is 5.02. The van der Waals surface area contributed by atoms with Crippen LogP contribution in [0.4, 0.5) is 0 Å². The molecule has 1 unspecified atom stereocenters. The van der Waals surface area contributed by atoms with Gasteiger partial charge in [-0.25, -0.2) is 8.42 Å². The second-order valence-electron chi connectivity index (χ2n) is 6.35. The van der Waals surface area contributed by atoms with Crippen LogP contribution in [0.1, 0.15) is 22.7 Å². The molecule has 1 heterocycles. The molecule has 1 saturated heterocycles. The summed E-state index contributed by atoms with van der Waals surface area (Å²) in [5.41, 5.74) is 2.28. The van der Waals surface area contributed by atoms with Crippen LogP contribution in [-0.4, -0.2) is 38.8 Å². The molecule has 1 atom stereocenters. The Morgan fingerprint density at radius 1 is 1.12 bits per heavy atom. The quantitative estimate of drug-likeness (QED) is 0.890. The molecule has 2 aromatic rings. The largest absolute Gasteiger partial charge is 0.497 e. The number of amides is 1. The highest BCUT2D eigenvalue weighted by atomic mass is 32.2. The van der Waals surface area contributed by atoms with E-state index in [0.29, 0.717) is 16.9 Å². The first-order valence-corrected chi connectivity index (χ1v) is 9.79. The number of sulfonamides is 1. The molecule has 1 aliphatic heterocycles. The zero-order chi connectivity index (χ0) is 18.9. The molecule has 138 valence electrons. The van der Waals surface area contributed by atoms with Crippen molar-refractivity contribution in [1.82, 2.24) is 9.62 Å². The minimum atomic E-state index is -3.84. The fourth-order valence-electron chi connectivity index (χ4n) is 3.14. The van der Waals surface area contributed by atoms with Crippen LogP contribution in [0.15, 0.2) is 47.4 Å². The van der Waals surface area contributed by atoms with Gasteiger partial charge in [0.1, 0.15) is 11.8 Å². The van der Waals surface area contributed by atoms with E-state index in [0.717, 1.165) is 5.56 Å². The Balaban J connectivity index is 2.06. The van der Waals surface area contributed by atoms with Crippen LogP contribution in [0.2, 0.25) is 0 Å². The lowest BCUT2D eigenvalue weighted by Gasteiger charge is -2.34. The third-order valence-corrected chi connectivity index (χ3v) is 6.55. The Labute approximate surface area is 153 Å². The van der Waals surface area contributed by atoms with Gasteiger partial charge in [-0.05, 0) is 43.2 Å². The van der Waals surface area contributed by atoms with Crippen molar-refractivity contribution >= 4 is 15.9 Å². The summed E-state index contributed by atoms with van der Waals surface area (Å²) in [5, 5.41) is 2.77. The zero-order valence-corrected chi connectivity index (χ0v) is 15.8. The van der Waals surface area contributed by atoms with Gasteiger partial charge < -0.3 is 10.1 Å². The molecule has 0 spiro atoms. The molecule has 2 aromatic carbocycles. The van der Waals surface area contributed by atoms with Crippen LogP contribution in [0.5, 0.6) is 5.75 Å². The minimum absolute atomic E-state index is 0.185. The molecular formula is C19H22N2O4S. The molecule has 0 aliphatic carbocycles. The Morgan fingerprint density at radius 2 is 1.81 bits per heavy atom. The van der Waals surface area contributed by atoms with E-state index in [2.05, 4.69) is 5.32 Å². The lowest BCUT2D eigenvalue weighted by molar-refractivity contribution is -0.126. The number of nitrogens with one attached hydrogen (secondary N) is 1. The SMILES string of the molecule is COc1ccc(S(=O)(=O)N2CCNC(=O)C2c2ccc(C)cc2)c(C)c1. The van der Waals surface area contributed by atoms with E-state index in [1.165, 1.54) is 17.5 Å². The summed E-state index contributed by atoms with van der Waals surface area (Å²) >= 11 is 0. The van der Waals surface area contributed by atoms with Crippen molar-refractivity contribution in [3.05, 3.63) is 59.2 Å². The lowest BCUT2D eigenvalue weighted by Crippen LogP contribution is -2.52. The van der Waals surface area contributed by atoms with E-state index < -0.39 is 16.1 Å². The van der Waals surface area contributed by atoms with Crippen LogP contribution in [0.3, 0.4) is 0 Å². The summed E-state index contributed by atoms with van der Waals surface area (Å²) in [5.74, 6) is 0.280. The van der Waals surface area contributed by atoms with Crippen LogP contribution >= 0.6 is 0 Å². The van der Waals surface area contributed by atoms with E-state index in [4.69, 9.17) is 4.74 Å². The van der Waals surface area contributed by atoms with Gasteiger partial charge in [0.15, 0.2) is 0 Å². The first-order chi connectivity index (χ1) is 12.3. The van der Waals surface area contributed by atoms with Crippen LogP contribution in [0.25, 0.3) is 0 Å². The highest BCUT2D eigenvalue weighted by Crippen LogP contribution is 2.32. The number of piperazine rings is 1. The van der Waals surface area contributed by atoms with Gasteiger partial charge >= 0.3 is 0 Å². The number of benzene rings is 2. The molecule has 6 nitrogen and oxygen atoms in total. The molecule has 26 heavy (non-hydrogen) atoms. The molecule has 0 radical (unpaired) electrons. The first-order valence-electron chi connectivity index (χ1n) is 8.35. The predicted molar refractivity (Wildman–Crippen MR) is 98.6 cm³/mol. The molecule has 7 heteroatoms. The third-order valence-electron chi connectivity index (χ3n) is 4.53. The van der Waals surface area contributed by atoms with Crippen molar-refractivity contribution in [1.29, 1.82) is 0 Å². The fraction of sp³-hybridized carbons (Fsp3) is 0.316. The normalized spacial score (nSPS) is 18.4. The smallest absolute Gasteiger partial charge is 0.244 e. The molecule has 1 amide bonds. The average molecular weight is 374 g/mol. The van der Waals surface area contributed by atoms with Crippen molar-refractivity contribution in [2.75, 3.05) is 20.2 Å². The molecule has 0 bridgehead atoms. The number of carbonyl (C=O) groups is 1. The highest BCUT2D eigenvalue weighted by Gasteiger charge is 2.40. The molecule has 1 aliphatic rings. The number of nitrogens with zero attached hydrogens (tertiary/aromatic N) is 1. The fourth-order valence-corrected chi connectivity index (χ4v) is 4.92. The summed E-state index contributed by atoms with van der Waals surface area (Å²) in [6, 6.07) is 11.3. The van der Waals surface area contributed by atoms with Crippen molar-refractivity contribution in [3.8, 4) is 5.75 Å². The van der Waals surface area contributed by atoms with E-state index in [1.54, 1.807) is 31.2 Å². The van der Waals surface area contributed by atoms with E-state index in [-0.39, 0.29) is 23.9 Å². The van der Waals surface area contributed by atoms with E-state index in [1.807, 2.05) is 19.1 Å². The molecule has 0 aromatic heterocycles. The zero-order valence-electron chi connectivity index (χ0n) is 15.0. The number of hydrogen-bond acceptors (Lipinski definition) is 4. The summed E-state index contributed by atoms with van der Waals surface area (Å²) in [4.78, 5) is 12.7. The standard InChI is InChI=1S/C19H22N2O4S/c1-13-4-6-15(7-5-13)18-19(22)20-10-11-21(18)26(23,24)17-9-8-16(25-3)12-14(17)2/h4-9,12,18H,10-11H2,1-3H3,(H,20,22). The van der Waals surface area contributed by atoms with Crippen molar-refractivity contribution < 1.29 is 17.9 Å². The minimum Gasteiger partial charge on any atom is -0.497 e. The number of rotatable bonds is 4. The predicted octanol–water partition coefficient (Wildman–Crippen LogP) is 2.17. The monoisotopic (exact) mass is 374 g/mol. The number of carbonyl (C=O) groups excluding carboxylic acids is 1. The van der Waals surface area contributed by atoms with Crippen LogP contribution in [0, 0.1) is 13.8 Å². The Hall–Kier alpha value is -2.38. The maximum absolute atomic E-state index is 13.3. The van der Waals surface area contributed by atoms with Gasteiger partial charge in [-0.1, -0.05) is 29.8 Å². The molecule has 0 saturated carbocycles. The van der Waals surface area contributed by atoms with Gasteiger partial charge in [0.2, 0.25) is 15.9 Å². The van der Waals surface area contributed by atoms with Gasteiger partial charge in [0.05, 0.1) is 12.0 Å². The van der Waals surface area contributed by atoms with Gasteiger partial charge in [0, 0.05) is 13.1 Å². The lowest BCUT2D eigenvalue weighted by atomic mass is 10.0. The van der Waals surface area contributed by atoms with E-state index >= 15 is 0 Å². The van der Waals surface area contributed by atoms with Gasteiger partial charge in [0.25, 0.3) is 0 Å². The van der Waals surface area contributed by atoms with Gasteiger partial charge in [-0.2, -0.15) is 4.31 Å². The number of aryl methyl sites for hydroxylation is 2. The highest BCUT2D eigenvalue weighted by molar-refractivity contribution is 7.89. The maximum Gasteiger partial charge on any atom is 0.244 e. The van der Waals surface area contributed by atoms with Crippen molar-refractivity contribution in [3.63, 3.8) is 0 Å². The summed E-state index contributed by atoms with van der Waals surface area (Å²) in [6.45, 7) is 4.17. The molecule has 1 fully saturated rings. The number of hydrogen-bond donors (Lipinski definition) is 1. The van der Waals surface area contributed by atoms with Crippen molar-refractivity contribution in [2.45, 2.75) is 24.8 Å². The van der Waals surface area contributed by atoms with Crippen LogP contribution < -0.4 is 10.1 Å². The summed E-state index contributed by atoms with van der Waals surface area (Å²) in [6.07, 6.45) is 0. The van der Waals surface area contributed by atoms with Gasteiger partial charge in [-0.15, -0.1) is 0 Å². The number of methoxy groups -OCH3 is 1. The molecular weight excluding hydrogens is 352 g/mol. The molecule has 3 rings (SSSR count). The second kappa shape index (κ2) is 7.09. The molecule has 1 N–H and O–H groups in total.